The number of aryl methyl sites for hydroxylation is 1. The van der Waals surface area contributed by atoms with Crippen LogP contribution in [0.25, 0.3) is 11.3 Å². The van der Waals surface area contributed by atoms with Crippen molar-refractivity contribution in [3.8, 4) is 17.0 Å². The number of fused-ring (bicyclic) bond motifs is 4. The number of hydrogen-bond donors (Lipinski definition) is 0. The molecule has 1 aromatic heterocycles. The van der Waals surface area contributed by atoms with Gasteiger partial charge in [-0.3, -0.25) is 9.48 Å². The molecule has 3 heterocycles. The molecular formula is C26H29N3O4S. The van der Waals surface area contributed by atoms with Crippen LogP contribution in [-0.4, -0.2) is 47.3 Å². The number of aromatic nitrogens is 2. The van der Waals surface area contributed by atoms with E-state index in [4.69, 9.17) is 4.74 Å². The third-order valence-electron chi connectivity index (χ3n) is 6.99. The van der Waals surface area contributed by atoms with Gasteiger partial charge < -0.3 is 9.64 Å². The number of sulfone groups is 1. The highest BCUT2D eigenvalue weighted by molar-refractivity contribution is 7.92. The molecule has 5 rings (SSSR count). The fourth-order valence-corrected chi connectivity index (χ4v) is 6.00. The Labute approximate surface area is 200 Å². The molecular weight excluding hydrogens is 450 g/mol. The van der Waals surface area contributed by atoms with Crippen LogP contribution >= 0.6 is 0 Å². The van der Waals surface area contributed by atoms with Gasteiger partial charge in [0.05, 0.1) is 22.0 Å². The number of para-hydroxylation sites is 1. The second-order valence-electron chi connectivity index (χ2n) is 9.23. The monoisotopic (exact) mass is 479 g/mol. The number of hydrogen-bond acceptors (Lipinski definition) is 5. The first-order valence-corrected chi connectivity index (χ1v) is 13.3. The van der Waals surface area contributed by atoms with E-state index in [1.807, 2.05) is 34.0 Å². The minimum absolute atomic E-state index is 0.0935. The zero-order valence-electron chi connectivity index (χ0n) is 19.7. The Hall–Kier alpha value is -3.13. The number of piperidine rings is 1. The van der Waals surface area contributed by atoms with Gasteiger partial charge in [0.15, 0.2) is 9.84 Å². The molecule has 1 fully saturated rings. The highest BCUT2D eigenvalue weighted by atomic mass is 32.2. The summed E-state index contributed by atoms with van der Waals surface area (Å²) in [4.78, 5) is 15.2. The molecule has 3 aromatic rings. The molecule has 0 N–H and O–H groups in total. The van der Waals surface area contributed by atoms with Gasteiger partial charge in [0.2, 0.25) is 0 Å². The van der Waals surface area contributed by atoms with E-state index >= 15 is 0 Å². The zero-order valence-corrected chi connectivity index (χ0v) is 20.5. The second kappa shape index (κ2) is 8.27. The van der Waals surface area contributed by atoms with Crippen molar-refractivity contribution in [2.45, 2.75) is 55.9 Å². The molecule has 0 unspecified atom stereocenters. The number of ether oxygens (including phenoxy) is 1. The van der Waals surface area contributed by atoms with Crippen molar-refractivity contribution in [3.63, 3.8) is 0 Å². The van der Waals surface area contributed by atoms with Crippen LogP contribution < -0.4 is 4.74 Å². The molecule has 0 aliphatic carbocycles. The van der Waals surface area contributed by atoms with Gasteiger partial charge in [0, 0.05) is 49.2 Å². The zero-order chi connectivity index (χ0) is 24.1. The molecule has 2 aliphatic heterocycles. The summed E-state index contributed by atoms with van der Waals surface area (Å²) < 4.78 is 33.4. The number of rotatable bonds is 4. The van der Waals surface area contributed by atoms with Crippen molar-refractivity contribution in [2.24, 2.45) is 0 Å². The summed E-state index contributed by atoms with van der Waals surface area (Å²) in [7, 11) is -3.37. The molecule has 34 heavy (non-hydrogen) atoms. The van der Waals surface area contributed by atoms with E-state index in [2.05, 4.69) is 18.1 Å². The van der Waals surface area contributed by atoms with Gasteiger partial charge in [-0.15, -0.1) is 0 Å². The third-order valence-corrected chi connectivity index (χ3v) is 9.16. The average Bonchev–Trinajstić information content (AvgIpc) is 3.30. The van der Waals surface area contributed by atoms with Gasteiger partial charge in [-0.05, 0) is 57.2 Å². The quantitative estimate of drug-likeness (QED) is 0.558. The van der Waals surface area contributed by atoms with Crippen LogP contribution in [0.4, 0.5) is 0 Å². The first kappa shape index (κ1) is 22.7. The first-order valence-electron chi connectivity index (χ1n) is 11.7. The minimum Gasteiger partial charge on any atom is -0.482 e. The number of likely N-dealkylation sites (tertiary alicyclic amines) is 1. The summed E-state index contributed by atoms with van der Waals surface area (Å²) in [6, 6.07) is 14.3. The van der Waals surface area contributed by atoms with Crippen LogP contribution in [0.15, 0.2) is 59.6 Å². The Morgan fingerprint density at radius 2 is 1.76 bits per heavy atom. The molecule has 0 saturated carbocycles. The SMILES string of the molecule is CCn1ncc2c1-c1ccccc1OC21CCN(C(=O)c2ccc(S(=O)(=O)C(C)C)cc2)CC1. The van der Waals surface area contributed by atoms with E-state index in [0.29, 0.717) is 31.5 Å². The van der Waals surface area contributed by atoms with Crippen molar-refractivity contribution < 1.29 is 17.9 Å². The second-order valence-corrected chi connectivity index (χ2v) is 11.7. The summed E-state index contributed by atoms with van der Waals surface area (Å²) in [6.45, 7) is 7.25. The lowest BCUT2D eigenvalue weighted by molar-refractivity contribution is -0.00174. The Morgan fingerprint density at radius 1 is 1.09 bits per heavy atom. The topological polar surface area (TPSA) is 81.5 Å². The smallest absolute Gasteiger partial charge is 0.253 e. The van der Waals surface area contributed by atoms with Gasteiger partial charge in [-0.2, -0.15) is 5.10 Å². The fraction of sp³-hybridized carbons (Fsp3) is 0.385. The van der Waals surface area contributed by atoms with E-state index in [1.54, 1.807) is 26.0 Å². The predicted molar refractivity (Wildman–Crippen MR) is 130 cm³/mol. The molecule has 2 aromatic carbocycles. The predicted octanol–water partition coefficient (Wildman–Crippen LogP) is 4.28. The maximum Gasteiger partial charge on any atom is 0.253 e. The van der Waals surface area contributed by atoms with Crippen molar-refractivity contribution in [1.82, 2.24) is 14.7 Å². The maximum atomic E-state index is 13.2. The fourth-order valence-electron chi connectivity index (χ4n) is 4.94. The van der Waals surface area contributed by atoms with Gasteiger partial charge in [0.1, 0.15) is 11.4 Å². The van der Waals surface area contributed by atoms with E-state index < -0.39 is 20.7 Å². The summed E-state index contributed by atoms with van der Waals surface area (Å²) in [5, 5.41) is 4.11. The summed E-state index contributed by atoms with van der Waals surface area (Å²) in [5.74, 6) is 0.760. The van der Waals surface area contributed by atoms with Crippen molar-refractivity contribution in [1.29, 1.82) is 0 Å². The number of amides is 1. The summed E-state index contributed by atoms with van der Waals surface area (Å²) >= 11 is 0. The molecule has 1 spiro atoms. The normalized spacial score (nSPS) is 16.8. The Bertz CT molecular complexity index is 1330. The number of carbonyl (C=O) groups excluding carboxylic acids is 1. The highest BCUT2D eigenvalue weighted by Crippen LogP contribution is 2.49. The van der Waals surface area contributed by atoms with E-state index in [9.17, 15) is 13.2 Å². The molecule has 1 amide bonds. The van der Waals surface area contributed by atoms with Crippen LogP contribution in [0.5, 0.6) is 5.75 Å². The van der Waals surface area contributed by atoms with Crippen LogP contribution in [-0.2, 0) is 22.0 Å². The van der Waals surface area contributed by atoms with Gasteiger partial charge in [0.25, 0.3) is 5.91 Å². The van der Waals surface area contributed by atoms with Crippen molar-refractivity contribution in [3.05, 3.63) is 65.9 Å². The van der Waals surface area contributed by atoms with Crippen LogP contribution in [0.1, 0.15) is 49.5 Å². The largest absolute Gasteiger partial charge is 0.482 e. The van der Waals surface area contributed by atoms with Gasteiger partial charge in [-0.1, -0.05) is 12.1 Å². The minimum atomic E-state index is -3.37. The van der Waals surface area contributed by atoms with E-state index in [0.717, 1.165) is 29.1 Å². The lowest BCUT2D eigenvalue weighted by Gasteiger charge is -2.44. The van der Waals surface area contributed by atoms with Crippen LogP contribution in [0.2, 0.25) is 0 Å². The molecule has 0 bridgehead atoms. The molecule has 178 valence electrons. The molecule has 0 radical (unpaired) electrons. The molecule has 1 saturated heterocycles. The molecule has 8 heteroatoms. The lowest BCUT2D eigenvalue weighted by atomic mass is 9.81. The van der Waals surface area contributed by atoms with Crippen LogP contribution in [0, 0.1) is 0 Å². The van der Waals surface area contributed by atoms with Gasteiger partial charge >= 0.3 is 0 Å². The Morgan fingerprint density at radius 3 is 2.41 bits per heavy atom. The van der Waals surface area contributed by atoms with Crippen molar-refractivity contribution in [2.75, 3.05) is 13.1 Å². The highest BCUT2D eigenvalue weighted by Gasteiger charge is 2.46. The van der Waals surface area contributed by atoms with Gasteiger partial charge in [-0.25, -0.2) is 8.42 Å². The third kappa shape index (κ3) is 3.52. The Balaban J connectivity index is 1.37. The Kier molecular flexibility index (Phi) is 5.51. The molecule has 2 aliphatic rings. The average molecular weight is 480 g/mol. The summed E-state index contributed by atoms with van der Waals surface area (Å²) in [6.07, 6.45) is 3.24. The lowest BCUT2D eigenvalue weighted by Crippen LogP contribution is -2.49. The van der Waals surface area contributed by atoms with E-state index in [1.165, 1.54) is 12.1 Å². The number of nitrogens with zero attached hydrogens (tertiary/aromatic N) is 3. The number of carbonyl (C=O) groups is 1. The maximum absolute atomic E-state index is 13.2. The molecule has 0 atom stereocenters. The van der Waals surface area contributed by atoms with E-state index in [-0.39, 0.29) is 10.8 Å². The number of benzene rings is 2. The molecule has 7 nitrogen and oxygen atoms in total. The van der Waals surface area contributed by atoms with Crippen molar-refractivity contribution >= 4 is 15.7 Å². The van der Waals surface area contributed by atoms with Crippen LogP contribution in [0.3, 0.4) is 0 Å². The summed E-state index contributed by atoms with van der Waals surface area (Å²) in [5.41, 5.74) is 3.23. The standard InChI is InChI=1S/C26H29N3O4S/c1-4-29-24-21-7-5-6-8-23(21)33-26(22(24)17-27-29)13-15-28(16-14-26)25(30)19-9-11-20(12-10-19)34(31,32)18(2)3/h5-12,17-18H,4,13-16H2,1-3H3. The first-order chi connectivity index (χ1) is 16.3.